The molecule has 0 N–H and O–H groups in total. The second-order valence-electron chi connectivity index (χ2n) is 7.33. The Hall–Kier alpha value is -3.09. The molecule has 1 aromatic carbocycles. The lowest BCUT2D eigenvalue weighted by Crippen LogP contribution is -2.41. The van der Waals surface area contributed by atoms with Gasteiger partial charge in [0.15, 0.2) is 11.2 Å². The summed E-state index contributed by atoms with van der Waals surface area (Å²) >= 11 is 0. The lowest BCUT2D eigenvalue weighted by molar-refractivity contribution is -0.274. The monoisotopic (exact) mass is 488 g/mol. The highest BCUT2D eigenvalue weighted by Crippen LogP contribution is 2.25. The van der Waals surface area contributed by atoms with Gasteiger partial charge in [0.1, 0.15) is 12.1 Å². The Bertz CT molecular complexity index is 1360. The van der Waals surface area contributed by atoms with Gasteiger partial charge in [-0.15, -0.1) is 13.2 Å². The topological polar surface area (TPSA) is 105 Å². The zero-order chi connectivity index (χ0) is 24.4. The van der Waals surface area contributed by atoms with E-state index in [1.165, 1.54) is 4.57 Å². The number of rotatable bonds is 9. The first-order valence-electron chi connectivity index (χ1n) is 10.3. The molecule has 13 heteroatoms. The van der Waals surface area contributed by atoms with Crippen LogP contribution in [0.2, 0.25) is 0 Å². The van der Waals surface area contributed by atoms with Gasteiger partial charge in [0.05, 0.1) is 4.90 Å². The summed E-state index contributed by atoms with van der Waals surface area (Å²) in [6, 6.07) is 3.59. The smallest absolute Gasteiger partial charge is 0.406 e. The fourth-order valence-corrected chi connectivity index (χ4v) is 4.58. The first kappa shape index (κ1) is 24.6. The number of ether oxygens (including phenoxy) is 1. The highest BCUT2D eigenvalue weighted by Gasteiger charge is 2.31. The van der Waals surface area contributed by atoms with E-state index in [9.17, 15) is 31.2 Å². The van der Waals surface area contributed by atoms with Gasteiger partial charge in [-0.2, -0.15) is 0 Å². The molecule has 0 aliphatic rings. The normalized spacial score (nSPS) is 12.4. The minimum absolute atomic E-state index is 0.0631. The van der Waals surface area contributed by atoms with Crippen LogP contribution >= 0.6 is 0 Å². The van der Waals surface area contributed by atoms with Crippen LogP contribution in [0.3, 0.4) is 0 Å². The van der Waals surface area contributed by atoms with E-state index in [1.807, 2.05) is 13.8 Å². The van der Waals surface area contributed by atoms with E-state index in [0.29, 0.717) is 23.2 Å². The number of unbranched alkanes of at least 4 members (excludes halogenated alkanes) is 2. The molecule has 3 rings (SSSR count). The first-order chi connectivity index (χ1) is 15.5. The van der Waals surface area contributed by atoms with Crippen LogP contribution in [0.1, 0.15) is 39.5 Å². The molecule has 0 unspecified atom stereocenters. The standard InChI is InChI=1S/C20H23F3N4O5S/c1-3-5-11-25-17-16(18(28)26(19(25)29)12-6-4-2)27(13-24-17)33(30,31)15-9-7-14(8-10-15)32-20(21,22)23/h7-10,13H,3-6,11-12H2,1-2H3. The van der Waals surface area contributed by atoms with E-state index in [4.69, 9.17) is 0 Å². The van der Waals surface area contributed by atoms with Gasteiger partial charge >= 0.3 is 12.1 Å². The van der Waals surface area contributed by atoms with Gasteiger partial charge in [0.25, 0.3) is 15.6 Å². The molecular weight excluding hydrogens is 465 g/mol. The van der Waals surface area contributed by atoms with E-state index in [0.717, 1.165) is 41.6 Å². The zero-order valence-corrected chi connectivity index (χ0v) is 18.8. The van der Waals surface area contributed by atoms with Crippen molar-refractivity contribution < 1.29 is 26.3 Å². The maximum absolute atomic E-state index is 13.2. The van der Waals surface area contributed by atoms with E-state index in [2.05, 4.69) is 9.72 Å². The summed E-state index contributed by atoms with van der Waals surface area (Å²) in [6.45, 7) is 4.17. The summed E-state index contributed by atoms with van der Waals surface area (Å²) in [6.07, 6.45) is -1.38. The van der Waals surface area contributed by atoms with Gasteiger partial charge in [0.2, 0.25) is 0 Å². The Morgan fingerprint density at radius 2 is 1.55 bits per heavy atom. The Kier molecular flexibility index (Phi) is 7.00. The lowest BCUT2D eigenvalue weighted by atomic mass is 10.3. The van der Waals surface area contributed by atoms with E-state index in [1.54, 1.807) is 0 Å². The molecule has 0 saturated heterocycles. The number of halogens is 3. The lowest BCUT2D eigenvalue weighted by Gasteiger charge is -2.13. The van der Waals surface area contributed by atoms with Crippen molar-refractivity contribution in [2.45, 2.75) is 63.9 Å². The van der Waals surface area contributed by atoms with Crippen molar-refractivity contribution in [2.75, 3.05) is 0 Å². The Balaban J connectivity index is 2.18. The third-order valence-electron chi connectivity index (χ3n) is 4.97. The molecular formula is C20H23F3N4O5S. The highest BCUT2D eigenvalue weighted by atomic mass is 32.2. The minimum Gasteiger partial charge on any atom is -0.406 e. The van der Waals surface area contributed by atoms with E-state index in [-0.39, 0.29) is 29.1 Å². The largest absolute Gasteiger partial charge is 0.573 e. The van der Waals surface area contributed by atoms with Crippen molar-refractivity contribution in [3.8, 4) is 5.75 Å². The van der Waals surface area contributed by atoms with Crippen LogP contribution in [0.25, 0.3) is 11.2 Å². The number of benzene rings is 1. The van der Waals surface area contributed by atoms with Crippen LogP contribution in [0.4, 0.5) is 13.2 Å². The van der Waals surface area contributed by atoms with Gasteiger partial charge in [-0.3, -0.25) is 13.9 Å². The number of aryl methyl sites for hydroxylation is 1. The average molecular weight is 488 g/mol. The number of hydrogen-bond donors (Lipinski definition) is 0. The van der Waals surface area contributed by atoms with Crippen molar-refractivity contribution in [3.05, 3.63) is 51.4 Å². The van der Waals surface area contributed by atoms with E-state index < -0.39 is 33.4 Å². The summed E-state index contributed by atoms with van der Waals surface area (Å²) in [7, 11) is -4.40. The third kappa shape index (κ3) is 4.97. The van der Waals surface area contributed by atoms with Crippen molar-refractivity contribution in [1.82, 2.24) is 18.1 Å². The summed E-state index contributed by atoms with van der Waals surface area (Å²) < 4.78 is 70.3. The number of alkyl halides is 3. The number of aromatic nitrogens is 4. The molecule has 2 heterocycles. The van der Waals surface area contributed by atoms with Crippen LogP contribution in [-0.2, 0) is 23.1 Å². The zero-order valence-electron chi connectivity index (χ0n) is 18.0. The summed E-state index contributed by atoms with van der Waals surface area (Å²) in [5, 5.41) is 0. The van der Waals surface area contributed by atoms with E-state index >= 15 is 0 Å². The van der Waals surface area contributed by atoms with Gasteiger partial charge in [-0.25, -0.2) is 22.2 Å². The molecule has 0 bridgehead atoms. The molecule has 0 atom stereocenters. The van der Waals surface area contributed by atoms with Crippen molar-refractivity contribution in [2.24, 2.45) is 0 Å². The number of imidazole rings is 1. The molecule has 2 aromatic heterocycles. The molecule has 0 aliphatic carbocycles. The molecule has 0 radical (unpaired) electrons. The van der Waals surface area contributed by atoms with Gasteiger partial charge in [-0.05, 0) is 37.1 Å². The summed E-state index contributed by atoms with van der Waals surface area (Å²) in [5.41, 5.74) is -1.72. The van der Waals surface area contributed by atoms with Crippen molar-refractivity contribution in [3.63, 3.8) is 0 Å². The van der Waals surface area contributed by atoms with Crippen LogP contribution in [-0.4, -0.2) is 32.9 Å². The van der Waals surface area contributed by atoms with Gasteiger partial charge in [-0.1, -0.05) is 26.7 Å². The molecule has 0 saturated carbocycles. The summed E-state index contributed by atoms with van der Waals surface area (Å²) in [5.74, 6) is -0.590. The molecule has 9 nitrogen and oxygen atoms in total. The predicted octanol–water partition coefficient (Wildman–Crippen LogP) is 3.10. The molecule has 33 heavy (non-hydrogen) atoms. The fourth-order valence-electron chi connectivity index (χ4n) is 3.30. The Morgan fingerprint density at radius 3 is 2.09 bits per heavy atom. The molecule has 3 aromatic rings. The highest BCUT2D eigenvalue weighted by molar-refractivity contribution is 7.90. The molecule has 180 valence electrons. The van der Waals surface area contributed by atoms with Crippen molar-refractivity contribution >= 4 is 21.2 Å². The number of hydrogen-bond acceptors (Lipinski definition) is 6. The van der Waals surface area contributed by atoms with Crippen LogP contribution in [0.5, 0.6) is 5.75 Å². The number of fused-ring (bicyclic) bond motifs is 1. The van der Waals surface area contributed by atoms with Gasteiger partial charge < -0.3 is 4.74 Å². The van der Waals surface area contributed by atoms with Gasteiger partial charge in [0, 0.05) is 13.1 Å². The minimum atomic E-state index is -4.92. The molecule has 0 amide bonds. The first-order valence-corrected chi connectivity index (χ1v) is 11.8. The number of nitrogens with zero attached hydrogens (tertiary/aromatic N) is 4. The SMILES string of the molecule is CCCCn1c(=O)c2c(ncn2S(=O)(=O)c2ccc(OC(F)(F)F)cc2)n(CCCC)c1=O. The maximum atomic E-state index is 13.2. The second kappa shape index (κ2) is 9.41. The van der Waals surface area contributed by atoms with Crippen LogP contribution in [0.15, 0.2) is 45.1 Å². The Labute approximate surface area is 187 Å². The fraction of sp³-hybridized carbons (Fsp3) is 0.450. The van der Waals surface area contributed by atoms with Crippen LogP contribution in [0, 0.1) is 0 Å². The van der Waals surface area contributed by atoms with Crippen molar-refractivity contribution in [1.29, 1.82) is 0 Å². The van der Waals surface area contributed by atoms with Crippen LogP contribution < -0.4 is 16.0 Å². The quantitative estimate of drug-likeness (QED) is 0.458. The molecule has 0 fully saturated rings. The second-order valence-corrected chi connectivity index (χ2v) is 9.15. The maximum Gasteiger partial charge on any atom is 0.573 e. The average Bonchev–Trinajstić information content (AvgIpc) is 3.19. The summed E-state index contributed by atoms with van der Waals surface area (Å²) in [4.78, 5) is 29.7. The predicted molar refractivity (Wildman–Crippen MR) is 114 cm³/mol. The third-order valence-corrected chi connectivity index (χ3v) is 6.63. The molecule has 0 aliphatic heterocycles. The Morgan fingerprint density at radius 1 is 0.970 bits per heavy atom. The molecule has 0 spiro atoms.